The number of rotatable bonds is 1. The molecule has 0 amide bonds. The summed E-state index contributed by atoms with van der Waals surface area (Å²) in [5, 5.41) is 0. The molecule has 0 aliphatic rings. The summed E-state index contributed by atoms with van der Waals surface area (Å²) >= 11 is 0. The number of aryl methyl sites for hydroxylation is 2. The van der Waals surface area contributed by atoms with Crippen LogP contribution in [-0.4, -0.2) is 4.98 Å². The highest BCUT2D eigenvalue weighted by molar-refractivity contribution is 5.29. The van der Waals surface area contributed by atoms with Crippen LogP contribution in [0.3, 0.4) is 0 Å². The van der Waals surface area contributed by atoms with Crippen molar-refractivity contribution in [1.29, 1.82) is 0 Å². The summed E-state index contributed by atoms with van der Waals surface area (Å²) in [5.74, 6) is -0.0810. The fourth-order valence-corrected chi connectivity index (χ4v) is 1.87. The standard InChI is InChI=1S/C9H11F.C6H6O2.C5H5N/c1-3-8-5-4-7(2)6-9(8)10;1-3-4(2)6(8)5(3)7;1-2-4-6-5-3-1/h4-6H,3H2,1-2H3;1-2H3;1-5H. The van der Waals surface area contributed by atoms with Crippen LogP contribution < -0.4 is 10.9 Å². The van der Waals surface area contributed by atoms with Crippen LogP contribution in [0.2, 0.25) is 0 Å². The lowest BCUT2D eigenvalue weighted by Crippen LogP contribution is -2.36. The lowest BCUT2D eigenvalue weighted by molar-refractivity contribution is 0.611. The van der Waals surface area contributed by atoms with Crippen molar-refractivity contribution < 1.29 is 4.39 Å². The van der Waals surface area contributed by atoms with Gasteiger partial charge in [-0.1, -0.05) is 25.1 Å². The highest BCUT2D eigenvalue weighted by Crippen LogP contribution is 2.09. The second-order valence-electron chi connectivity index (χ2n) is 5.38. The number of benzene rings is 1. The molecule has 24 heavy (non-hydrogen) atoms. The van der Waals surface area contributed by atoms with Crippen molar-refractivity contribution in [2.45, 2.75) is 34.1 Å². The molecule has 0 fully saturated rings. The maximum atomic E-state index is 12.9. The molecule has 4 heteroatoms. The Morgan fingerprint density at radius 2 is 1.46 bits per heavy atom. The van der Waals surface area contributed by atoms with E-state index in [1.54, 1.807) is 32.3 Å². The monoisotopic (exact) mass is 327 g/mol. The summed E-state index contributed by atoms with van der Waals surface area (Å²) in [6, 6.07) is 11.1. The Labute approximate surface area is 141 Å². The van der Waals surface area contributed by atoms with E-state index in [-0.39, 0.29) is 16.7 Å². The first-order chi connectivity index (χ1) is 11.4. The van der Waals surface area contributed by atoms with Crippen LogP contribution >= 0.6 is 0 Å². The highest BCUT2D eigenvalue weighted by Gasteiger charge is 2.10. The smallest absolute Gasteiger partial charge is 0.229 e. The first kappa shape index (κ1) is 19.4. The minimum absolute atomic E-state index is 0.0810. The average molecular weight is 327 g/mol. The Kier molecular flexibility index (Phi) is 7.69. The van der Waals surface area contributed by atoms with E-state index in [0.717, 1.165) is 17.5 Å². The lowest BCUT2D eigenvalue weighted by Gasteiger charge is -1.98. The number of nitrogens with zero attached hydrogens (tertiary/aromatic N) is 1. The van der Waals surface area contributed by atoms with Gasteiger partial charge in [0.15, 0.2) is 0 Å². The van der Waals surface area contributed by atoms with Crippen LogP contribution in [0, 0.1) is 26.6 Å². The minimum atomic E-state index is -0.317. The summed E-state index contributed by atoms with van der Waals surface area (Å²) < 4.78 is 12.9. The molecule has 3 rings (SSSR count). The van der Waals surface area contributed by atoms with Crippen LogP contribution in [-0.2, 0) is 6.42 Å². The molecule has 1 heterocycles. The van der Waals surface area contributed by atoms with Crippen molar-refractivity contribution >= 4 is 0 Å². The van der Waals surface area contributed by atoms with E-state index in [1.165, 1.54) is 0 Å². The lowest BCUT2D eigenvalue weighted by atomic mass is 10.1. The molecule has 1 aromatic heterocycles. The van der Waals surface area contributed by atoms with Crippen molar-refractivity contribution in [3.05, 3.63) is 97.3 Å². The van der Waals surface area contributed by atoms with Crippen molar-refractivity contribution in [1.82, 2.24) is 4.98 Å². The SMILES string of the molecule is CCc1ccc(C)cc1F.Cc1c(C)c(=O)c1=O.c1ccncc1. The summed E-state index contributed by atoms with van der Waals surface area (Å²) in [6.45, 7) is 7.18. The highest BCUT2D eigenvalue weighted by atomic mass is 19.1. The van der Waals surface area contributed by atoms with Gasteiger partial charge in [-0.2, -0.15) is 0 Å². The zero-order valence-corrected chi connectivity index (χ0v) is 14.5. The van der Waals surface area contributed by atoms with Crippen molar-refractivity contribution in [2.24, 2.45) is 0 Å². The van der Waals surface area contributed by atoms with E-state index in [9.17, 15) is 14.0 Å². The fraction of sp³-hybridized carbons (Fsp3) is 0.250. The summed E-state index contributed by atoms with van der Waals surface area (Å²) in [7, 11) is 0. The largest absolute Gasteiger partial charge is 0.285 e. The van der Waals surface area contributed by atoms with E-state index in [4.69, 9.17) is 0 Å². The molecule has 0 bridgehead atoms. The van der Waals surface area contributed by atoms with Gasteiger partial charge in [-0.25, -0.2) is 4.39 Å². The van der Waals surface area contributed by atoms with Gasteiger partial charge in [-0.05, 0) is 56.5 Å². The van der Waals surface area contributed by atoms with Gasteiger partial charge in [-0.15, -0.1) is 0 Å². The molecule has 3 aromatic rings. The zero-order chi connectivity index (χ0) is 18.1. The quantitative estimate of drug-likeness (QED) is 0.641. The molecule has 0 radical (unpaired) electrons. The number of hydrogen-bond acceptors (Lipinski definition) is 3. The molecule has 0 spiro atoms. The third-order valence-corrected chi connectivity index (χ3v) is 3.61. The first-order valence-corrected chi connectivity index (χ1v) is 7.75. The predicted molar refractivity (Wildman–Crippen MR) is 95.6 cm³/mol. The van der Waals surface area contributed by atoms with Gasteiger partial charge in [0.25, 0.3) is 0 Å². The molecule has 0 N–H and O–H groups in total. The van der Waals surface area contributed by atoms with Crippen molar-refractivity contribution in [3.8, 4) is 0 Å². The van der Waals surface area contributed by atoms with E-state index >= 15 is 0 Å². The maximum absolute atomic E-state index is 12.9. The van der Waals surface area contributed by atoms with E-state index in [2.05, 4.69) is 4.98 Å². The number of hydrogen-bond donors (Lipinski definition) is 0. The van der Waals surface area contributed by atoms with Gasteiger partial charge >= 0.3 is 0 Å². The van der Waals surface area contributed by atoms with Gasteiger partial charge in [0, 0.05) is 23.5 Å². The Morgan fingerprint density at radius 3 is 1.75 bits per heavy atom. The third kappa shape index (κ3) is 5.54. The molecule has 0 aliphatic heterocycles. The molecule has 0 saturated heterocycles. The number of halogens is 1. The Bertz CT molecular complexity index is 778. The van der Waals surface area contributed by atoms with Crippen LogP contribution in [0.15, 0.2) is 58.4 Å². The van der Waals surface area contributed by atoms with Gasteiger partial charge < -0.3 is 0 Å². The van der Waals surface area contributed by atoms with Crippen molar-refractivity contribution in [2.75, 3.05) is 0 Å². The first-order valence-electron chi connectivity index (χ1n) is 7.75. The third-order valence-electron chi connectivity index (χ3n) is 3.61. The molecule has 0 saturated carbocycles. The van der Waals surface area contributed by atoms with Crippen LogP contribution in [0.4, 0.5) is 4.39 Å². The van der Waals surface area contributed by atoms with Crippen LogP contribution in [0.5, 0.6) is 0 Å². The Hall–Kier alpha value is -2.62. The van der Waals surface area contributed by atoms with E-state index in [0.29, 0.717) is 11.1 Å². The second kappa shape index (κ2) is 9.50. The number of pyridine rings is 1. The summed E-state index contributed by atoms with van der Waals surface area (Å²) in [4.78, 5) is 24.5. The number of aromatic nitrogens is 1. The Morgan fingerprint density at radius 1 is 0.917 bits per heavy atom. The van der Waals surface area contributed by atoms with Gasteiger partial charge in [-0.3, -0.25) is 14.6 Å². The van der Waals surface area contributed by atoms with Gasteiger partial charge in [0.05, 0.1) is 0 Å². The molecule has 2 aromatic carbocycles. The van der Waals surface area contributed by atoms with Gasteiger partial charge in [0.1, 0.15) is 5.82 Å². The Balaban J connectivity index is 0.000000186. The fourth-order valence-electron chi connectivity index (χ4n) is 1.87. The van der Waals surface area contributed by atoms with E-state index < -0.39 is 0 Å². The average Bonchev–Trinajstić information content (AvgIpc) is 2.62. The summed E-state index contributed by atoms with van der Waals surface area (Å²) in [5.41, 5.74) is 2.38. The van der Waals surface area contributed by atoms with Crippen LogP contribution in [0.1, 0.15) is 29.2 Å². The molecule has 0 atom stereocenters. The topological polar surface area (TPSA) is 47.0 Å². The maximum Gasteiger partial charge on any atom is 0.229 e. The summed E-state index contributed by atoms with van der Waals surface area (Å²) in [6.07, 6.45) is 4.27. The molecule has 0 aliphatic carbocycles. The molecule has 126 valence electrons. The minimum Gasteiger partial charge on any atom is -0.285 e. The normalized spacial score (nSPS) is 9.54. The second-order valence-corrected chi connectivity index (χ2v) is 5.38. The van der Waals surface area contributed by atoms with Crippen molar-refractivity contribution in [3.63, 3.8) is 0 Å². The molecular weight excluding hydrogens is 305 g/mol. The zero-order valence-electron chi connectivity index (χ0n) is 14.5. The van der Waals surface area contributed by atoms with E-state index in [1.807, 2.05) is 44.2 Å². The van der Waals surface area contributed by atoms with Gasteiger partial charge in [0.2, 0.25) is 10.9 Å². The van der Waals surface area contributed by atoms with Crippen LogP contribution in [0.25, 0.3) is 0 Å². The molecular formula is C20H22FNO2. The molecule has 0 unspecified atom stereocenters. The predicted octanol–water partition coefficient (Wildman–Crippen LogP) is 3.68. The molecule has 3 nitrogen and oxygen atoms in total.